The highest BCUT2D eigenvalue weighted by Gasteiger charge is 2.12. The summed E-state index contributed by atoms with van der Waals surface area (Å²) in [6.07, 6.45) is 9.03. The lowest BCUT2D eigenvalue weighted by Gasteiger charge is -2.10. The number of carbonyl (C=O) groups excluding carboxylic acids is 2. The summed E-state index contributed by atoms with van der Waals surface area (Å²) in [5, 5.41) is 0. The first-order valence-corrected chi connectivity index (χ1v) is 7.03. The van der Waals surface area contributed by atoms with Gasteiger partial charge in [-0.25, -0.2) is 0 Å². The quantitative estimate of drug-likeness (QED) is 0.450. The summed E-state index contributed by atoms with van der Waals surface area (Å²) in [4.78, 5) is 21.1. The Bertz CT molecular complexity index is 495. The summed E-state index contributed by atoms with van der Waals surface area (Å²) in [6.45, 7) is 3.61. The van der Waals surface area contributed by atoms with Crippen LogP contribution in [-0.4, -0.2) is 12.1 Å². The highest BCUT2D eigenvalue weighted by Crippen LogP contribution is 2.20. The van der Waals surface area contributed by atoms with Crippen molar-refractivity contribution in [3.8, 4) is 0 Å². The SMILES string of the molecule is C/C1=C/C/C=C(/C(=O)c2ccccc2)CCC1.CC=O. The predicted octanol–water partition coefficient (Wildman–Crippen LogP) is 4.52. The normalized spacial score (nSPS) is 19.9. The molecule has 0 spiro atoms. The average Bonchev–Trinajstić information content (AvgIpc) is 2.44. The second-order valence-electron chi connectivity index (χ2n) is 4.80. The fourth-order valence-corrected chi connectivity index (χ4v) is 2.15. The fourth-order valence-electron chi connectivity index (χ4n) is 2.15. The summed E-state index contributed by atoms with van der Waals surface area (Å²) in [5.74, 6) is 0.193. The third-order valence-electron chi connectivity index (χ3n) is 3.18. The van der Waals surface area contributed by atoms with Crippen molar-refractivity contribution in [3.05, 3.63) is 59.2 Å². The van der Waals surface area contributed by atoms with Crippen LogP contribution in [0.5, 0.6) is 0 Å². The van der Waals surface area contributed by atoms with Crippen molar-refractivity contribution >= 4 is 12.1 Å². The van der Waals surface area contributed by atoms with Gasteiger partial charge < -0.3 is 4.79 Å². The van der Waals surface area contributed by atoms with Crippen LogP contribution in [0.3, 0.4) is 0 Å². The van der Waals surface area contributed by atoms with Crippen molar-refractivity contribution < 1.29 is 9.59 Å². The Morgan fingerprint density at radius 2 is 1.75 bits per heavy atom. The average molecular weight is 270 g/mol. The number of ketones is 1. The first-order valence-electron chi connectivity index (χ1n) is 7.03. The largest absolute Gasteiger partial charge is 0.304 e. The van der Waals surface area contributed by atoms with Gasteiger partial charge in [-0.05, 0) is 45.1 Å². The molecule has 1 aliphatic rings. The molecule has 0 aliphatic heterocycles. The minimum Gasteiger partial charge on any atom is -0.304 e. The first kappa shape index (κ1) is 16.1. The van der Waals surface area contributed by atoms with Crippen LogP contribution in [0.15, 0.2) is 53.6 Å². The maximum Gasteiger partial charge on any atom is 0.188 e. The molecule has 0 saturated heterocycles. The van der Waals surface area contributed by atoms with Crippen LogP contribution >= 0.6 is 0 Å². The molecule has 0 heterocycles. The van der Waals surface area contributed by atoms with E-state index in [-0.39, 0.29) is 5.78 Å². The molecule has 0 amide bonds. The van der Waals surface area contributed by atoms with Crippen LogP contribution in [-0.2, 0) is 4.79 Å². The van der Waals surface area contributed by atoms with Crippen LogP contribution in [0.2, 0.25) is 0 Å². The number of allylic oxidation sites excluding steroid dienone is 4. The molecule has 0 saturated carbocycles. The molecular weight excluding hydrogens is 248 g/mol. The van der Waals surface area contributed by atoms with E-state index in [0.29, 0.717) is 0 Å². The summed E-state index contributed by atoms with van der Waals surface area (Å²) in [5.41, 5.74) is 3.22. The molecule has 106 valence electrons. The van der Waals surface area contributed by atoms with Gasteiger partial charge in [-0.15, -0.1) is 0 Å². The van der Waals surface area contributed by atoms with Gasteiger partial charge >= 0.3 is 0 Å². The second-order valence-corrected chi connectivity index (χ2v) is 4.80. The Morgan fingerprint density at radius 3 is 2.40 bits per heavy atom. The van der Waals surface area contributed by atoms with Gasteiger partial charge in [0.15, 0.2) is 5.78 Å². The molecule has 2 nitrogen and oxygen atoms in total. The predicted molar refractivity (Wildman–Crippen MR) is 82.8 cm³/mol. The Balaban J connectivity index is 0.000000612. The molecule has 0 bridgehead atoms. The number of hydrogen-bond donors (Lipinski definition) is 0. The van der Waals surface area contributed by atoms with Gasteiger partial charge in [-0.2, -0.15) is 0 Å². The maximum absolute atomic E-state index is 12.3. The smallest absolute Gasteiger partial charge is 0.188 e. The van der Waals surface area contributed by atoms with E-state index in [1.807, 2.05) is 30.3 Å². The number of carbonyl (C=O) groups is 2. The molecule has 0 radical (unpaired) electrons. The van der Waals surface area contributed by atoms with E-state index in [1.54, 1.807) is 0 Å². The van der Waals surface area contributed by atoms with Gasteiger partial charge in [0.2, 0.25) is 0 Å². The van der Waals surface area contributed by atoms with Crippen LogP contribution < -0.4 is 0 Å². The number of hydrogen-bond acceptors (Lipinski definition) is 2. The molecule has 1 aliphatic carbocycles. The van der Waals surface area contributed by atoms with E-state index in [1.165, 1.54) is 12.5 Å². The number of benzene rings is 1. The molecular formula is C18H22O2. The van der Waals surface area contributed by atoms with Gasteiger partial charge in [-0.3, -0.25) is 4.79 Å². The zero-order valence-corrected chi connectivity index (χ0v) is 12.3. The van der Waals surface area contributed by atoms with Crippen LogP contribution in [0.25, 0.3) is 0 Å². The van der Waals surface area contributed by atoms with E-state index in [9.17, 15) is 4.79 Å². The van der Waals surface area contributed by atoms with Gasteiger partial charge in [0, 0.05) is 5.56 Å². The summed E-state index contributed by atoms with van der Waals surface area (Å²) in [6, 6.07) is 9.56. The fraction of sp³-hybridized carbons (Fsp3) is 0.333. The summed E-state index contributed by atoms with van der Waals surface area (Å²) >= 11 is 0. The molecule has 1 aromatic carbocycles. The lowest BCUT2D eigenvalue weighted by atomic mass is 9.94. The van der Waals surface area contributed by atoms with Crippen LogP contribution in [0.1, 0.15) is 49.9 Å². The summed E-state index contributed by atoms with van der Waals surface area (Å²) in [7, 11) is 0. The Morgan fingerprint density at radius 1 is 1.10 bits per heavy atom. The number of Topliss-reactive ketones (excluding diaryl/α,β-unsaturated/α-hetero) is 1. The Kier molecular flexibility index (Phi) is 7.26. The van der Waals surface area contributed by atoms with Crippen molar-refractivity contribution in [3.63, 3.8) is 0 Å². The number of aldehydes is 1. The van der Waals surface area contributed by atoms with Crippen molar-refractivity contribution in [2.24, 2.45) is 0 Å². The standard InChI is InChI=1S/C16H18O.C2H4O/c1-13-7-5-11-15(12-6-8-13)16(17)14-9-3-2-4-10-14;1-2-3/h2-4,7,9-11H,5-6,8,12H2,1H3;2H,1H3/b13-7-,15-11+;. The van der Waals surface area contributed by atoms with Gasteiger partial charge in [0.1, 0.15) is 6.29 Å². The third-order valence-corrected chi connectivity index (χ3v) is 3.18. The Labute approximate surface area is 121 Å². The monoisotopic (exact) mass is 270 g/mol. The lowest BCUT2D eigenvalue weighted by molar-refractivity contribution is -0.106. The summed E-state index contributed by atoms with van der Waals surface area (Å²) < 4.78 is 0. The maximum atomic E-state index is 12.3. The second kappa shape index (κ2) is 9.03. The van der Waals surface area contributed by atoms with Crippen molar-refractivity contribution in [1.29, 1.82) is 0 Å². The molecule has 2 rings (SSSR count). The van der Waals surface area contributed by atoms with Crippen molar-refractivity contribution in [2.45, 2.75) is 39.5 Å². The molecule has 0 N–H and O–H groups in total. The topological polar surface area (TPSA) is 34.1 Å². The van der Waals surface area contributed by atoms with Crippen molar-refractivity contribution in [1.82, 2.24) is 0 Å². The van der Waals surface area contributed by atoms with E-state index in [2.05, 4.69) is 19.1 Å². The molecule has 0 fully saturated rings. The highest BCUT2D eigenvalue weighted by molar-refractivity contribution is 6.08. The lowest BCUT2D eigenvalue weighted by Crippen LogP contribution is -2.04. The van der Waals surface area contributed by atoms with E-state index >= 15 is 0 Å². The zero-order chi connectivity index (χ0) is 14.8. The van der Waals surface area contributed by atoms with E-state index in [0.717, 1.165) is 43.1 Å². The molecule has 0 unspecified atom stereocenters. The molecule has 20 heavy (non-hydrogen) atoms. The van der Waals surface area contributed by atoms with Gasteiger partial charge in [0.25, 0.3) is 0 Å². The van der Waals surface area contributed by atoms with Gasteiger partial charge in [-0.1, -0.05) is 48.1 Å². The van der Waals surface area contributed by atoms with Crippen LogP contribution in [0, 0.1) is 0 Å². The third kappa shape index (κ3) is 5.35. The first-order chi connectivity index (χ1) is 9.69. The van der Waals surface area contributed by atoms with Gasteiger partial charge in [0.05, 0.1) is 0 Å². The minimum absolute atomic E-state index is 0.193. The van der Waals surface area contributed by atoms with E-state index < -0.39 is 0 Å². The molecule has 1 aromatic rings. The molecule has 2 heteroatoms. The Hall–Kier alpha value is -1.96. The molecule has 0 atom stereocenters. The minimum atomic E-state index is 0.193. The van der Waals surface area contributed by atoms with Crippen LogP contribution in [0.4, 0.5) is 0 Å². The zero-order valence-electron chi connectivity index (χ0n) is 12.3. The molecule has 0 aromatic heterocycles. The van der Waals surface area contributed by atoms with E-state index in [4.69, 9.17) is 4.79 Å². The highest BCUT2D eigenvalue weighted by atomic mass is 16.1. The van der Waals surface area contributed by atoms with Crippen molar-refractivity contribution in [2.75, 3.05) is 0 Å². The number of rotatable bonds is 2.